The van der Waals surface area contributed by atoms with E-state index in [2.05, 4.69) is 0 Å². The maximum atomic E-state index is 8.46. The molecule has 3 heteroatoms. The fourth-order valence-electron chi connectivity index (χ4n) is 0.775. The highest BCUT2D eigenvalue weighted by atomic mass is 35.5. The third-order valence-corrected chi connectivity index (χ3v) is 1.58. The van der Waals surface area contributed by atoms with E-state index in [1.165, 1.54) is 0 Å². The summed E-state index contributed by atoms with van der Waals surface area (Å²) in [5.74, 6) is 0. The molecule has 11 heavy (non-hydrogen) atoms. The van der Waals surface area contributed by atoms with Crippen molar-refractivity contribution in [3.8, 4) is 6.07 Å². The van der Waals surface area contributed by atoms with E-state index >= 15 is 0 Å². The van der Waals surface area contributed by atoms with Gasteiger partial charge >= 0.3 is 0 Å². The summed E-state index contributed by atoms with van der Waals surface area (Å²) in [5, 5.41) is 9.07. The SMILES string of the molecule is N#C[C@@H](N)c1cccc(Cl)c1. The second-order valence-corrected chi connectivity index (χ2v) is 2.60. The van der Waals surface area contributed by atoms with E-state index in [-0.39, 0.29) is 0 Å². The summed E-state index contributed by atoms with van der Waals surface area (Å²) < 4.78 is 0. The van der Waals surface area contributed by atoms with Gasteiger partial charge in [0.1, 0.15) is 6.04 Å². The van der Waals surface area contributed by atoms with Crippen LogP contribution in [0.2, 0.25) is 5.02 Å². The lowest BCUT2D eigenvalue weighted by molar-refractivity contribution is 0.926. The van der Waals surface area contributed by atoms with Gasteiger partial charge in [0.25, 0.3) is 0 Å². The lowest BCUT2D eigenvalue weighted by Crippen LogP contribution is -2.06. The van der Waals surface area contributed by atoms with Crippen LogP contribution in [0.5, 0.6) is 0 Å². The molecule has 0 aliphatic heterocycles. The quantitative estimate of drug-likeness (QED) is 0.693. The monoisotopic (exact) mass is 166 g/mol. The first-order chi connectivity index (χ1) is 5.24. The molecule has 0 aromatic heterocycles. The van der Waals surface area contributed by atoms with Gasteiger partial charge in [-0.05, 0) is 17.7 Å². The average molecular weight is 167 g/mol. The van der Waals surface area contributed by atoms with Crippen LogP contribution in [0.15, 0.2) is 24.3 Å². The molecule has 1 aromatic rings. The normalized spacial score (nSPS) is 12.1. The number of nitriles is 1. The van der Waals surface area contributed by atoms with E-state index < -0.39 is 6.04 Å². The molecule has 0 saturated heterocycles. The minimum atomic E-state index is -0.575. The molecule has 0 heterocycles. The zero-order valence-corrected chi connectivity index (χ0v) is 6.55. The first-order valence-electron chi connectivity index (χ1n) is 3.14. The summed E-state index contributed by atoms with van der Waals surface area (Å²) in [7, 11) is 0. The number of benzene rings is 1. The van der Waals surface area contributed by atoms with Gasteiger partial charge < -0.3 is 5.73 Å². The third kappa shape index (κ3) is 1.94. The lowest BCUT2D eigenvalue weighted by atomic mass is 10.1. The van der Waals surface area contributed by atoms with Gasteiger partial charge in [-0.15, -0.1) is 0 Å². The first-order valence-corrected chi connectivity index (χ1v) is 3.52. The Balaban J connectivity index is 2.98. The predicted molar refractivity (Wildman–Crippen MR) is 44.0 cm³/mol. The molecule has 0 saturated carbocycles. The molecule has 1 atom stereocenters. The molecule has 2 nitrogen and oxygen atoms in total. The zero-order valence-electron chi connectivity index (χ0n) is 5.79. The Bertz CT molecular complexity index is 290. The molecule has 0 amide bonds. The van der Waals surface area contributed by atoms with Gasteiger partial charge in [-0.1, -0.05) is 23.7 Å². The largest absolute Gasteiger partial charge is 0.312 e. The molecule has 1 rings (SSSR count). The van der Waals surface area contributed by atoms with Crippen LogP contribution in [0, 0.1) is 11.3 Å². The van der Waals surface area contributed by atoms with Crippen molar-refractivity contribution in [2.24, 2.45) is 5.73 Å². The highest BCUT2D eigenvalue weighted by molar-refractivity contribution is 6.30. The smallest absolute Gasteiger partial charge is 0.118 e. The van der Waals surface area contributed by atoms with Crippen molar-refractivity contribution < 1.29 is 0 Å². The molecule has 0 bridgehead atoms. The van der Waals surface area contributed by atoms with E-state index in [1.54, 1.807) is 24.3 Å². The van der Waals surface area contributed by atoms with E-state index in [0.717, 1.165) is 5.56 Å². The maximum absolute atomic E-state index is 8.46. The summed E-state index contributed by atoms with van der Waals surface area (Å²) in [6.45, 7) is 0. The summed E-state index contributed by atoms with van der Waals surface area (Å²) in [4.78, 5) is 0. The fourth-order valence-corrected chi connectivity index (χ4v) is 0.973. The molecule has 56 valence electrons. The van der Waals surface area contributed by atoms with Crippen molar-refractivity contribution in [3.63, 3.8) is 0 Å². The second-order valence-electron chi connectivity index (χ2n) is 2.16. The van der Waals surface area contributed by atoms with Crippen LogP contribution in [0.4, 0.5) is 0 Å². The highest BCUT2D eigenvalue weighted by Crippen LogP contribution is 2.14. The number of nitrogens with zero attached hydrogens (tertiary/aromatic N) is 1. The van der Waals surface area contributed by atoms with E-state index in [4.69, 9.17) is 22.6 Å². The van der Waals surface area contributed by atoms with Crippen LogP contribution in [-0.2, 0) is 0 Å². The van der Waals surface area contributed by atoms with E-state index in [1.807, 2.05) is 6.07 Å². The topological polar surface area (TPSA) is 49.8 Å². The Morgan fingerprint density at radius 2 is 2.27 bits per heavy atom. The van der Waals surface area contributed by atoms with E-state index in [9.17, 15) is 0 Å². The summed E-state index contributed by atoms with van der Waals surface area (Å²) in [6, 6.07) is 8.34. The highest BCUT2D eigenvalue weighted by Gasteiger charge is 2.02. The number of nitrogens with two attached hydrogens (primary N) is 1. The molecule has 0 aliphatic carbocycles. The van der Waals surface area contributed by atoms with E-state index in [0.29, 0.717) is 5.02 Å². The Hall–Kier alpha value is -1.04. The van der Waals surface area contributed by atoms with Crippen LogP contribution < -0.4 is 5.73 Å². The number of hydrogen-bond acceptors (Lipinski definition) is 2. The molecule has 0 spiro atoms. The molecular weight excluding hydrogens is 160 g/mol. The van der Waals surface area contributed by atoms with Crippen LogP contribution in [0.1, 0.15) is 11.6 Å². The summed E-state index contributed by atoms with van der Waals surface area (Å²) >= 11 is 5.68. The van der Waals surface area contributed by atoms with Crippen molar-refractivity contribution in [1.29, 1.82) is 5.26 Å². The molecular formula is C8H7ClN2. The Labute approximate surface area is 70.2 Å². The Kier molecular flexibility index (Phi) is 2.48. The summed E-state index contributed by atoms with van der Waals surface area (Å²) in [6.07, 6.45) is 0. The zero-order chi connectivity index (χ0) is 8.27. The van der Waals surface area contributed by atoms with Crippen LogP contribution in [-0.4, -0.2) is 0 Å². The lowest BCUT2D eigenvalue weighted by Gasteiger charge is -2.01. The summed E-state index contributed by atoms with van der Waals surface area (Å²) in [5.41, 5.74) is 6.19. The molecule has 2 N–H and O–H groups in total. The molecule has 1 aromatic carbocycles. The van der Waals surface area contributed by atoms with Gasteiger partial charge in [0.05, 0.1) is 6.07 Å². The molecule has 0 aliphatic rings. The molecule has 0 unspecified atom stereocenters. The fraction of sp³-hybridized carbons (Fsp3) is 0.125. The molecule has 0 fully saturated rings. The van der Waals surface area contributed by atoms with Crippen molar-refractivity contribution in [3.05, 3.63) is 34.9 Å². The van der Waals surface area contributed by atoms with Crippen molar-refractivity contribution in [2.45, 2.75) is 6.04 Å². The van der Waals surface area contributed by atoms with Gasteiger partial charge in [0.2, 0.25) is 0 Å². The Morgan fingerprint density at radius 3 is 2.82 bits per heavy atom. The minimum absolute atomic E-state index is 0.575. The van der Waals surface area contributed by atoms with Gasteiger partial charge in [0.15, 0.2) is 0 Å². The maximum Gasteiger partial charge on any atom is 0.118 e. The minimum Gasteiger partial charge on any atom is -0.312 e. The second kappa shape index (κ2) is 3.38. The average Bonchev–Trinajstić information content (AvgIpc) is 2.03. The standard InChI is InChI=1S/C8H7ClN2/c9-7-3-1-2-6(4-7)8(11)5-10/h1-4,8H,11H2/t8-/m1/s1. The van der Waals surface area contributed by atoms with Crippen molar-refractivity contribution in [2.75, 3.05) is 0 Å². The van der Waals surface area contributed by atoms with Crippen LogP contribution in [0.25, 0.3) is 0 Å². The van der Waals surface area contributed by atoms with Gasteiger partial charge in [0, 0.05) is 5.02 Å². The van der Waals surface area contributed by atoms with Gasteiger partial charge in [-0.2, -0.15) is 5.26 Å². The van der Waals surface area contributed by atoms with Crippen molar-refractivity contribution >= 4 is 11.6 Å². The number of hydrogen-bond donors (Lipinski definition) is 1. The molecule has 0 radical (unpaired) electrons. The van der Waals surface area contributed by atoms with Crippen LogP contribution >= 0.6 is 11.6 Å². The number of halogens is 1. The van der Waals surface area contributed by atoms with Crippen molar-refractivity contribution in [1.82, 2.24) is 0 Å². The van der Waals surface area contributed by atoms with Gasteiger partial charge in [-0.3, -0.25) is 0 Å². The first kappa shape index (κ1) is 8.06. The number of rotatable bonds is 1. The van der Waals surface area contributed by atoms with Crippen LogP contribution in [0.3, 0.4) is 0 Å². The Morgan fingerprint density at radius 1 is 1.55 bits per heavy atom. The third-order valence-electron chi connectivity index (χ3n) is 1.35. The predicted octanol–water partition coefficient (Wildman–Crippen LogP) is 1.86. The van der Waals surface area contributed by atoms with Gasteiger partial charge in [-0.25, -0.2) is 0 Å².